The number of hydrazone groups is 2. The van der Waals surface area contributed by atoms with Crippen molar-refractivity contribution in [2.45, 2.75) is 57.4 Å². The standard InChI is InChI=1S/C22H29N9O2/c1-3-30-11-16(12-30)31-22(33)19(13(2)27-31)24-23-18-9-5-8-17(20(18)32)14-6-4-7-15(10-14)21-25-28-29-26-21/h5,8-9,14-16,23,32H,3-4,6-7,10-12H2,1-2H3,(H,25,26,28,29). The summed E-state index contributed by atoms with van der Waals surface area (Å²) >= 11 is 0. The predicted molar refractivity (Wildman–Crippen MR) is 123 cm³/mol. The summed E-state index contributed by atoms with van der Waals surface area (Å²) in [6, 6.07) is 5.70. The van der Waals surface area contributed by atoms with E-state index in [1.165, 1.54) is 0 Å². The number of phenols is 1. The Bertz CT molecular complexity index is 1080. The molecule has 1 aromatic carbocycles. The molecule has 1 saturated heterocycles. The van der Waals surface area contributed by atoms with Gasteiger partial charge >= 0.3 is 0 Å². The highest BCUT2D eigenvalue weighted by Crippen LogP contribution is 2.44. The van der Waals surface area contributed by atoms with Crippen molar-refractivity contribution in [3.05, 3.63) is 29.6 Å². The number of phenolic OH excluding ortho intramolecular Hbond substituents is 1. The molecule has 1 aliphatic carbocycles. The van der Waals surface area contributed by atoms with Crippen molar-refractivity contribution in [1.29, 1.82) is 0 Å². The number of carbonyl (C=O) groups is 1. The zero-order valence-electron chi connectivity index (χ0n) is 18.9. The molecule has 11 nitrogen and oxygen atoms in total. The number of nitrogens with one attached hydrogen (secondary N) is 2. The summed E-state index contributed by atoms with van der Waals surface area (Å²) in [5.41, 5.74) is 5.12. The van der Waals surface area contributed by atoms with Crippen LogP contribution >= 0.6 is 0 Å². The highest BCUT2D eigenvalue weighted by atomic mass is 16.3. The van der Waals surface area contributed by atoms with E-state index in [1.807, 2.05) is 12.1 Å². The van der Waals surface area contributed by atoms with Gasteiger partial charge in [0.15, 0.2) is 11.5 Å². The molecule has 2 unspecified atom stereocenters. The zero-order valence-corrected chi connectivity index (χ0v) is 18.9. The van der Waals surface area contributed by atoms with Gasteiger partial charge in [-0.1, -0.05) is 25.5 Å². The van der Waals surface area contributed by atoms with E-state index in [1.54, 1.807) is 18.0 Å². The molecule has 1 aromatic heterocycles. The first-order valence-corrected chi connectivity index (χ1v) is 11.6. The number of rotatable bonds is 6. The second kappa shape index (κ2) is 8.89. The van der Waals surface area contributed by atoms with Crippen LogP contribution in [0.2, 0.25) is 0 Å². The van der Waals surface area contributed by atoms with Crippen molar-refractivity contribution >= 4 is 23.0 Å². The second-order valence-electron chi connectivity index (χ2n) is 9.00. The smallest absolute Gasteiger partial charge is 0.296 e. The molecular weight excluding hydrogens is 422 g/mol. The van der Waals surface area contributed by atoms with Gasteiger partial charge < -0.3 is 5.11 Å². The van der Waals surface area contributed by atoms with Crippen molar-refractivity contribution in [2.24, 2.45) is 10.2 Å². The summed E-state index contributed by atoms with van der Waals surface area (Å²) in [4.78, 5) is 15.1. The lowest BCUT2D eigenvalue weighted by Crippen LogP contribution is -2.58. The van der Waals surface area contributed by atoms with Gasteiger partial charge in [-0.25, -0.2) is 10.1 Å². The molecule has 2 fully saturated rings. The minimum absolute atomic E-state index is 0.0932. The average Bonchev–Trinajstić information content (AvgIpc) is 3.42. The number of aromatic hydroxyl groups is 1. The molecule has 0 bridgehead atoms. The molecule has 2 aromatic rings. The number of hydrogen-bond donors (Lipinski definition) is 3. The van der Waals surface area contributed by atoms with Crippen LogP contribution in [0.1, 0.15) is 62.8 Å². The lowest BCUT2D eigenvalue weighted by Gasteiger charge is -2.41. The van der Waals surface area contributed by atoms with Crippen LogP contribution in [-0.4, -0.2) is 78.6 Å². The fraction of sp³-hybridized carbons (Fsp3) is 0.545. The van der Waals surface area contributed by atoms with Crippen LogP contribution in [0.4, 0.5) is 5.69 Å². The Morgan fingerprint density at radius 2 is 2.09 bits per heavy atom. The van der Waals surface area contributed by atoms with Crippen LogP contribution in [0.3, 0.4) is 0 Å². The maximum atomic E-state index is 12.9. The van der Waals surface area contributed by atoms with Crippen molar-refractivity contribution in [3.8, 4) is 5.75 Å². The number of benzene rings is 1. The maximum Gasteiger partial charge on any atom is 0.296 e. The fourth-order valence-corrected chi connectivity index (χ4v) is 5.01. The van der Waals surface area contributed by atoms with Crippen LogP contribution < -0.4 is 5.43 Å². The van der Waals surface area contributed by atoms with Gasteiger partial charge in [-0.15, -0.1) is 5.10 Å². The number of hydrogen-bond acceptors (Lipinski definition) is 9. The number of likely N-dealkylation sites (N-methyl/N-ethyl adjacent to an activating group) is 1. The summed E-state index contributed by atoms with van der Waals surface area (Å²) in [5, 5.41) is 35.6. The number of carbonyl (C=O) groups excluding carboxylic acids is 1. The first-order chi connectivity index (χ1) is 16.0. The first-order valence-electron chi connectivity index (χ1n) is 11.6. The van der Waals surface area contributed by atoms with Gasteiger partial charge in [-0.3, -0.25) is 15.1 Å². The third-order valence-corrected chi connectivity index (χ3v) is 6.96. The summed E-state index contributed by atoms with van der Waals surface area (Å²) in [5.74, 6) is 1.19. The van der Waals surface area contributed by atoms with E-state index in [-0.39, 0.29) is 35.2 Å². The third kappa shape index (κ3) is 4.08. The molecule has 3 N–H and O–H groups in total. The lowest BCUT2D eigenvalue weighted by molar-refractivity contribution is -0.128. The van der Waals surface area contributed by atoms with Gasteiger partial charge in [0.05, 0.1) is 17.4 Å². The Morgan fingerprint density at radius 1 is 1.27 bits per heavy atom. The van der Waals surface area contributed by atoms with Crippen molar-refractivity contribution in [2.75, 3.05) is 25.1 Å². The van der Waals surface area contributed by atoms with Crippen molar-refractivity contribution in [1.82, 2.24) is 30.5 Å². The number of aromatic amines is 1. The first kappa shape index (κ1) is 21.5. The van der Waals surface area contributed by atoms with Gasteiger partial charge in [-0.2, -0.15) is 10.2 Å². The molecule has 1 saturated carbocycles. The number of H-pyrrole nitrogens is 1. The molecule has 2 aliphatic heterocycles. The van der Waals surface area contributed by atoms with Crippen LogP contribution in [0.25, 0.3) is 0 Å². The normalized spacial score (nSPS) is 25.4. The number of para-hydroxylation sites is 1. The summed E-state index contributed by atoms with van der Waals surface area (Å²) in [7, 11) is 0. The van der Waals surface area contributed by atoms with E-state index in [9.17, 15) is 9.90 Å². The minimum atomic E-state index is -0.202. The summed E-state index contributed by atoms with van der Waals surface area (Å²) < 4.78 is 0. The molecular formula is C22H29N9O2. The molecule has 174 valence electrons. The van der Waals surface area contributed by atoms with Gasteiger partial charge in [0.1, 0.15) is 5.75 Å². The van der Waals surface area contributed by atoms with E-state index in [4.69, 9.17) is 0 Å². The number of tetrazole rings is 1. The molecule has 3 heterocycles. The van der Waals surface area contributed by atoms with Gasteiger partial charge in [-0.05, 0) is 60.7 Å². The number of amides is 1. The van der Waals surface area contributed by atoms with Crippen LogP contribution in [0.5, 0.6) is 5.75 Å². The minimum Gasteiger partial charge on any atom is -0.505 e. The molecule has 0 spiro atoms. The third-order valence-electron chi connectivity index (χ3n) is 6.96. The molecule has 2 atom stereocenters. The van der Waals surface area contributed by atoms with Crippen LogP contribution in [0, 0.1) is 0 Å². The van der Waals surface area contributed by atoms with E-state index in [2.05, 4.69) is 48.1 Å². The van der Waals surface area contributed by atoms with Gasteiger partial charge in [0.2, 0.25) is 0 Å². The van der Waals surface area contributed by atoms with Gasteiger partial charge in [0.25, 0.3) is 5.91 Å². The SMILES string of the molecule is CCN1CC(N2N=C(C)C(=NNc3cccc(C4CCCC(c5nnn[nH]5)C4)c3O)C2=O)C1. The van der Waals surface area contributed by atoms with E-state index in [0.717, 1.165) is 56.7 Å². The number of anilines is 1. The predicted octanol–water partition coefficient (Wildman–Crippen LogP) is 2.04. The summed E-state index contributed by atoms with van der Waals surface area (Å²) in [6.07, 6.45) is 3.90. The quantitative estimate of drug-likeness (QED) is 0.452. The molecule has 11 heteroatoms. The fourth-order valence-electron chi connectivity index (χ4n) is 5.01. The van der Waals surface area contributed by atoms with E-state index < -0.39 is 0 Å². The Labute approximate surface area is 191 Å². The van der Waals surface area contributed by atoms with Crippen molar-refractivity contribution < 1.29 is 9.90 Å². The summed E-state index contributed by atoms with van der Waals surface area (Å²) in [6.45, 7) is 6.51. The lowest BCUT2D eigenvalue weighted by atomic mass is 9.77. The highest BCUT2D eigenvalue weighted by molar-refractivity contribution is 6.68. The van der Waals surface area contributed by atoms with Crippen LogP contribution in [-0.2, 0) is 4.79 Å². The molecule has 3 aliphatic rings. The Balaban J connectivity index is 1.29. The number of aromatic nitrogens is 4. The molecule has 33 heavy (non-hydrogen) atoms. The molecule has 5 rings (SSSR count). The zero-order chi connectivity index (χ0) is 22.9. The second-order valence-corrected chi connectivity index (χ2v) is 9.00. The van der Waals surface area contributed by atoms with E-state index >= 15 is 0 Å². The Morgan fingerprint density at radius 3 is 2.85 bits per heavy atom. The largest absolute Gasteiger partial charge is 0.505 e. The van der Waals surface area contributed by atoms with Crippen molar-refractivity contribution in [3.63, 3.8) is 0 Å². The Hall–Kier alpha value is -3.34. The maximum absolute atomic E-state index is 12.9. The highest BCUT2D eigenvalue weighted by Gasteiger charge is 2.40. The topological polar surface area (TPSA) is 135 Å². The Kier molecular flexibility index (Phi) is 5.79. The van der Waals surface area contributed by atoms with Crippen LogP contribution in [0.15, 0.2) is 28.4 Å². The number of likely N-dealkylation sites (tertiary alicyclic amines) is 1. The molecule has 1 amide bonds. The van der Waals surface area contributed by atoms with E-state index in [0.29, 0.717) is 11.4 Å². The van der Waals surface area contributed by atoms with Gasteiger partial charge in [0, 0.05) is 19.0 Å². The average molecular weight is 452 g/mol. The number of nitrogens with zero attached hydrogens (tertiary/aromatic N) is 7. The molecule has 0 radical (unpaired) electrons. The monoisotopic (exact) mass is 451 g/mol.